The average Bonchev–Trinajstić information content (AvgIpc) is 2.74. The quantitative estimate of drug-likeness (QED) is 0.327. The molecule has 0 spiro atoms. The molecule has 0 heterocycles. The Morgan fingerprint density at radius 1 is 1.10 bits per heavy atom. The molecule has 2 fully saturated rings. The molecule has 2 aliphatic rings. The summed E-state index contributed by atoms with van der Waals surface area (Å²) in [6.07, 6.45) is -4.42. The zero-order valence-electron chi connectivity index (χ0n) is 17.8. The smallest absolute Gasteiger partial charge is 0.314 e. The standard InChI is InChI=1S/C22H35F4NO3/c1-4-30-22(29)15(10-27-16(11-28)14-8-6-5-7-9-14)12(2)17-13(3)18(23)20(25)21(26)19(17)24/h13-21,27-28H,2,4-11H2,1,3H3/t13?,15?,16-,17?,18?,19?,20?,21?/m1/s1. The molecule has 0 aromatic rings. The van der Waals surface area contributed by atoms with E-state index in [9.17, 15) is 27.5 Å². The number of hydrogen-bond acceptors (Lipinski definition) is 4. The topological polar surface area (TPSA) is 58.6 Å². The lowest BCUT2D eigenvalue weighted by Crippen LogP contribution is -2.53. The highest BCUT2D eigenvalue weighted by Crippen LogP contribution is 2.43. The van der Waals surface area contributed by atoms with E-state index in [1.165, 1.54) is 6.92 Å². The van der Waals surface area contributed by atoms with Crippen LogP contribution in [0.1, 0.15) is 46.0 Å². The van der Waals surface area contributed by atoms with Crippen LogP contribution < -0.4 is 5.32 Å². The molecular formula is C22H35F4NO3. The minimum absolute atomic E-state index is 0.00140. The predicted octanol–water partition coefficient (Wildman–Crippen LogP) is 3.87. The van der Waals surface area contributed by atoms with Gasteiger partial charge in [-0.15, -0.1) is 0 Å². The van der Waals surface area contributed by atoms with Gasteiger partial charge in [-0.3, -0.25) is 4.79 Å². The van der Waals surface area contributed by atoms with Gasteiger partial charge in [-0.25, -0.2) is 17.6 Å². The fourth-order valence-electron chi connectivity index (χ4n) is 4.90. The summed E-state index contributed by atoms with van der Waals surface area (Å²) in [5.41, 5.74) is -0.00140. The van der Waals surface area contributed by atoms with Crippen molar-refractivity contribution in [3.05, 3.63) is 12.2 Å². The Morgan fingerprint density at radius 3 is 2.27 bits per heavy atom. The van der Waals surface area contributed by atoms with E-state index in [4.69, 9.17) is 4.74 Å². The van der Waals surface area contributed by atoms with Crippen LogP contribution in [0, 0.1) is 23.7 Å². The molecule has 0 radical (unpaired) electrons. The Labute approximate surface area is 176 Å². The lowest BCUT2D eigenvalue weighted by molar-refractivity contribution is -0.147. The van der Waals surface area contributed by atoms with Crippen molar-refractivity contribution < 1.29 is 32.2 Å². The van der Waals surface area contributed by atoms with E-state index >= 15 is 0 Å². The third-order valence-electron chi connectivity index (χ3n) is 6.77. The highest BCUT2D eigenvalue weighted by atomic mass is 19.2. The number of alkyl halides is 4. The largest absolute Gasteiger partial charge is 0.465 e. The monoisotopic (exact) mass is 437 g/mol. The Bertz CT molecular complexity index is 557. The van der Waals surface area contributed by atoms with Crippen LogP contribution in [0.2, 0.25) is 0 Å². The number of esters is 1. The van der Waals surface area contributed by atoms with Gasteiger partial charge in [0, 0.05) is 18.5 Å². The Hall–Kier alpha value is -1.15. The first-order valence-electron chi connectivity index (χ1n) is 11.0. The Morgan fingerprint density at radius 2 is 1.70 bits per heavy atom. The molecule has 30 heavy (non-hydrogen) atoms. The van der Waals surface area contributed by atoms with Gasteiger partial charge >= 0.3 is 5.97 Å². The van der Waals surface area contributed by atoms with Gasteiger partial charge in [-0.05, 0) is 31.6 Å². The summed E-state index contributed by atoms with van der Waals surface area (Å²) in [6, 6.07) is -0.252. The Kier molecular flexibility index (Phi) is 9.60. The maximum atomic E-state index is 14.7. The molecule has 0 amide bonds. The van der Waals surface area contributed by atoms with Crippen molar-refractivity contribution in [1.82, 2.24) is 5.32 Å². The molecule has 0 saturated heterocycles. The maximum absolute atomic E-state index is 14.7. The number of nitrogens with one attached hydrogen (secondary N) is 1. The van der Waals surface area contributed by atoms with Crippen LogP contribution in [-0.4, -0.2) is 61.6 Å². The fraction of sp³-hybridized carbons (Fsp3) is 0.864. The van der Waals surface area contributed by atoms with E-state index in [0.717, 1.165) is 32.1 Å². The molecule has 0 bridgehead atoms. The normalized spacial score (nSPS) is 34.9. The maximum Gasteiger partial charge on any atom is 0.314 e. The summed E-state index contributed by atoms with van der Waals surface area (Å²) in [5.74, 6) is -3.99. The number of rotatable bonds is 9. The highest BCUT2D eigenvalue weighted by Gasteiger charge is 2.53. The van der Waals surface area contributed by atoms with E-state index in [2.05, 4.69) is 11.9 Å². The molecular weight excluding hydrogens is 402 g/mol. The lowest BCUT2D eigenvalue weighted by atomic mass is 9.69. The van der Waals surface area contributed by atoms with Gasteiger partial charge in [0.2, 0.25) is 0 Å². The van der Waals surface area contributed by atoms with Crippen molar-refractivity contribution in [2.24, 2.45) is 23.7 Å². The van der Waals surface area contributed by atoms with E-state index < -0.39 is 48.4 Å². The second kappa shape index (κ2) is 11.5. The van der Waals surface area contributed by atoms with Gasteiger partial charge in [0.25, 0.3) is 0 Å². The number of aliphatic hydroxyl groups is 1. The summed E-state index contributed by atoms with van der Waals surface area (Å²) in [5, 5.41) is 13.0. The van der Waals surface area contributed by atoms with Crippen molar-refractivity contribution >= 4 is 5.97 Å². The number of carbonyl (C=O) groups excluding carboxylic acids is 1. The summed E-state index contributed by atoms with van der Waals surface area (Å²) >= 11 is 0. The molecule has 0 aliphatic heterocycles. The van der Waals surface area contributed by atoms with Crippen LogP contribution in [0.3, 0.4) is 0 Å². The molecule has 2 aliphatic carbocycles. The molecule has 174 valence electrons. The zero-order chi connectivity index (χ0) is 22.4. The molecule has 2 saturated carbocycles. The fourth-order valence-corrected chi connectivity index (χ4v) is 4.90. The minimum Gasteiger partial charge on any atom is -0.465 e. The van der Waals surface area contributed by atoms with Gasteiger partial charge < -0.3 is 15.2 Å². The molecule has 4 nitrogen and oxygen atoms in total. The number of hydrogen-bond donors (Lipinski definition) is 2. The predicted molar refractivity (Wildman–Crippen MR) is 107 cm³/mol. The first-order valence-corrected chi connectivity index (χ1v) is 11.0. The van der Waals surface area contributed by atoms with Crippen molar-refractivity contribution in [2.45, 2.75) is 76.7 Å². The SMILES string of the molecule is C=C(C(CN[C@H](CO)C1CCCCC1)C(=O)OCC)C1C(C)C(F)C(F)C(F)C1F. The van der Waals surface area contributed by atoms with E-state index in [1.54, 1.807) is 6.92 Å². The zero-order valence-corrected chi connectivity index (χ0v) is 17.8. The first kappa shape index (κ1) is 25.1. The van der Waals surface area contributed by atoms with E-state index in [1.807, 2.05) is 0 Å². The number of halogens is 4. The molecule has 8 atom stereocenters. The van der Waals surface area contributed by atoms with E-state index in [-0.39, 0.29) is 37.3 Å². The van der Waals surface area contributed by atoms with Crippen molar-refractivity contribution in [3.63, 3.8) is 0 Å². The third-order valence-corrected chi connectivity index (χ3v) is 6.77. The molecule has 0 aromatic heterocycles. The average molecular weight is 438 g/mol. The van der Waals surface area contributed by atoms with Crippen LogP contribution in [0.5, 0.6) is 0 Å². The van der Waals surface area contributed by atoms with Crippen molar-refractivity contribution in [2.75, 3.05) is 19.8 Å². The van der Waals surface area contributed by atoms with E-state index in [0.29, 0.717) is 0 Å². The summed E-state index contributed by atoms with van der Waals surface area (Å²) in [7, 11) is 0. The second-order valence-corrected chi connectivity index (χ2v) is 8.64. The van der Waals surface area contributed by atoms with Crippen LogP contribution in [-0.2, 0) is 9.53 Å². The Balaban J connectivity index is 2.16. The molecule has 0 aromatic carbocycles. The van der Waals surface area contributed by atoms with Gasteiger partial charge in [0.1, 0.15) is 12.3 Å². The third kappa shape index (κ3) is 5.55. The number of aliphatic hydroxyl groups excluding tert-OH is 1. The van der Waals surface area contributed by atoms with Gasteiger partial charge in [-0.2, -0.15) is 0 Å². The lowest BCUT2D eigenvalue weighted by Gasteiger charge is -2.41. The molecule has 2 rings (SSSR count). The van der Waals surface area contributed by atoms with Crippen LogP contribution >= 0.6 is 0 Å². The number of ether oxygens (including phenoxy) is 1. The second-order valence-electron chi connectivity index (χ2n) is 8.64. The van der Waals surface area contributed by atoms with Crippen LogP contribution in [0.4, 0.5) is 17.6 Å². The van der Waals surface area contributed by atoms with Gasteiger partial charge in [0.15, 0.2) is 12.3 Å². The molecule has 2 N–H and O–H groups in total. The van der Waals surface area contributed by atoms with Crippen molar-refractivity contribution in [3.8, 4) is 0 Å². The summed E-state index contributed by atoms with van der Waals surface area (Å²) in [4.78, 5) is 12.6. The van der Waals surface area contributed by atoms with Gasteiger partial charge in [0.05, 0.1) is 19.1 Å². The van der Waals surface area contributed by atoms with Crippen molar-refractivity contribution in [1.29, 1.82) is 0 Å². The van der Waals surface area contributed by atoms with Gasteiger partial charge in [-0.1, -0.05) is 38.3 Å². The van der Waals surface area contributed by atoms with Crippen LogP contribution in [0.15, 0.2) is 12.2 Å². The van der Waals surface area contributed by atoms with Crippen LogP contribution in [0.25, 0.3) is 0 Å². The summed E-state index contributed by atoms with van der Waals surface area (Å²) < 4.78 is 61.8. The minimum atomic E-state index is -2.61. The summed E-state index contributed by atoms with van der Waals surface area (Å²) in [6.45, 7) is 6.68. The highest BCUT2D eigenvalue weighted by molar-refractivity contribution is 5.76. The molecule has 8 heteroatoms. The number of carbonyl (C=O) groups is 1. The first-order chi connectivity index (χ1) is 14.2. The molecule has 7 unspecified atom stereocenters.